The lowest BCUT2D eigenvalue weighted by molar-refractivity contribution is 0.0513. The zero-order valence-corrected chi connectivity index (χ0v) is 18.7. The minimum absolute atomic E-state index is 0.0254. The summed E-state index contributed by atoms with van der Waals surface area (Å²) in [7, 11) is 1.81. The first-order valence-electron chi connectivity index (χ1n) is 10.2. The van der Waals surface area contributed by atoms with E-state index in [4.69, 9.17) is 9.47 Å². The summed E-state index contributed by atoms with van der Waals surface area (Å²) in [5.41, 5.74) is 2.43. The van der Waals surface area contributed by atoms with E-state index in [1.165, 1.54) is 10.4 Å². The molecule has 7 heteroatoms. The molecule has 1 aromatic heterocycles. The van der Waals surface area contributed by atoms with E-state index in [2.05, 4.69) is 51.8 Å². The molecule has 0 aliphatic carbocycles. The number of nitrogens with zero attached hydrogens (tertiary/aromatic N) is 2. The molecule has 0 unspecified atom stereocenters. The van der Waals surface area contributed by atoms with Crippen molar-refractivity contribution in [3.63, 3.8) is 0 Å². The Kier molecular flexibility index (Phi) is 7.50. The summed E-state index contributed by atoms with van der Waals surface area (Å²) in [5.74, 6) is 1.73. The molecule has 0 bridgehead atoms. The SMILES string of the molecule is CCOc1ccc(C2(CNC(=NC)NCc3sc(C)nc3C)CCOCC2)cc1. The van der Waals surface area contributed by atoms with Crippen molar-refractivity contribution in [2.24, 2.45) is 4.99 Å². The number of aliphatic imine (C=N–C) groups is 1. The number of ether oxygens (including phenoxy) is 2. The first-order valence-corrected chi connectivity index (χ1v) is 11.1. The fourth-order valence-electron chi connectivity index (χ4n) is 3.78. The summed E-state index contributed by atoms with van der Waals surface area (Å²) in [6.07, 6.45) is 1.97. The van der Waals surface area contributed by atoms with E-state index in [0.717, 1.165) is 61.6 Å². The van der Waals surface area contributed by atoms with Gasteiger partial charge in [-0.25, -0.2) is 4.98 Å². The van der Waals surface area contributed by atoms with Gasteiger partial charge in [0.1, 0.15) is 5.75 Å². The predicted octanol–water partition coefficient (Wildman–Crippen LogP) is 3.57. The minimum atomic E-state index is 0.0254. The van der Waals surface area contributed by atoms with Gasteiger partial charge in [-0.3, -0.25) is 4.99 Å². The molecule has 1 aliphatic rings. The molecule has 6 nitrogen and oxygen atoms in total. The molecule has 1 fully saturated rings. The van der Waals surface area contributed by atoms with Crippen molar-refractivity contribution in [2.75, 3.05) is 33.4 Å². The molecule has 158 valence electrons. The number of guanidine groups is 1. The summed E-state index contributed by atoms with van der Waals surface area (Å²) in [6, 6.07) is 8.52. The van der Waals surface area contributed by atoms with Crippen LogP contribution in [0.3, 0.4) is 0 Å². The van der Waals surface area contributed by atoms with Crippen LogP contribution in [0.5, 0.6) is 5.75 Å². The molecule has 1 aliphatic heterocycles. The molecule has 0 spiro atoms. The molecule has 0 amide bonds. The van der Waals surface area contributed by atoms with E-state index in [9.17, 15) is 0 Å². The van der Waals surface area contributed by atoms with Crippen LogP contribution in [0.25, 0.3) is 0 Å². The molecular formula is C22H32N4O2S. The first kappa shape index (κ1) is 21.6. The Morgan fingerprint density at radius 2 is 1.93 bits per heavy atom. The van der Waals surface area contributed by atoms with Crippen LogP contribution in [0.1, 0.15) is 40.9 Å². The van der Waals surface area contributed by atoms with Crippen molar-refractivity contribution in [2.45, 2.75) is 45.6 Å². The lowest BCUT2D eigenvalue weighted by Crippen LogP contribution is -2.47. The largest absolute Gasteiger partial charge is 0.494 e. The Labute approximate surface area is 177 Å². The maximum absolute atomic E-state index is 5.66. The predicted molar refractivity (Wildman–Crippen MR) is 119 cm³/mol. The Hall–Kier alpha value is -2.12. The number of hydrogen-bond acceptors (Lipinski definition) is 5. The Balaban J connectivity index is 1.66. The molecule has 2 N–H and O–H groups in total. The number of aryl methyl sites for hydroxylation is 2. The van der Waals surface area contributed by atoms with E-state index >= 15 is 0 Å². The van der Waals surface area contributed by atoms with Crippen LogP contribution in [0.15, 0.2) is 29.3 Å². The molecule has 3 rings (SSSR count). The Bertz CT molecular complexity index is 811. The standard InChI is InChI=1S/C22H32N4O2S/c1-5-28-19-8-6-18(7-9-19)22(10-12-27-13-11-22)15-25-21(23-4)24-14-20-16(2)26-17(3)29-20/h6-9H,5,10-15H2,1-4H3,(H2,23,24,25). The number of aromatic nitrogens is 1. The summed E-state index contributed by atoms with van der Waals surface area (Å²) in [6.45, 7) is 9.88. The number of thiazole rings is 1. The van der Waals surface area contributed by atoms with Crippen LogP contribution in [0, 0.1) is 13.8 Å². The van der Waals surface area contributed by atoms with Gasteiger partial charge in [0.25, 0.3) is 0 Å². The van der Waals surface area contributed by atoms with Crippen LogP contribution >= 0.6 is 11.3 Å². The number of rotatable bonds is 7. The van der Waals surface area contributed by atoms with E-state index < -0.39 is 0 Å². The molecule has 0 atom stereocenters. The van der Waals surface area contributed by atoms with Gasteiger partial charge < -0.3 is 20.1 Å². The van der Waals surface area contributed by atoms with Crippen LogP contribution in [0.4, 0.5) is 0 Å². The van der Waals surface area contributed by atoms with Gasteiger partial charge in [-0.05, 0) is 51.3 Å². The summed E-state index contributed by atoms with van der Waals surface area (Å²) >= 11 is 1.73. The van der Waals surface area contributed by atoms with Gasteiger partial charge in [-0.1, -0.05) is 12.1 Å². The molecular weight excluding hydrogens is 384 g/mol. The van der Waals surface area contributed by atoms with Crippen molar-refractivity contribution >= 4 is 17.3 Å². The van der Waals surface area contributed by atoms with Gasteiger partial charge in [0, 0.05) is 37.1 Å². The van der Waals surface area contributed by atoms with Crippen LogP contribution in [-0.2, 0) is 16.7 Å². The third-order valence-electron chi connectivity index (χ3n) is 5.46. The van der Waals surface area contributed by atoms with Gasteiger partial charge >= 0.3 is 0 Å². The molecule has 1 saturated heterocycles. The Morgan fingerprint density at radius 1 is 1.21 bits per heavy atom. The molecule has 2 aromatic rings. The average molecular weight is 417 g/mol. The van der Waals surface area contributed by atoms with E-state index in [1.54, 1.807) is 11.3 Å². The third-order valence-corrected chi connectivity index (χ3v) is 6.53. The zero-order valence-electron chi connectivity index (χ0n) is 17.9. The number of hydrogen-bond donors (Lipinski definition) is 2. The highest BCUT2D eigenvalue weighted by Gasteiger charge is 2.34. The van der Waals surface area contributed by atoms with E-state index in [-0.39, 0.29) is 5.41 Å². The highest BCUT2D eigenvalue weighted by Crippen LogP contribution is 2.35. The summed E-state index contributed by atoms with van der Waals surface area (Å²) in [4.78, 5) is 10.2. The second kappa shape index (κ2) is 10.1. The number of benzene rings is 1. The van der Waals surface area contributed by atoms with Gasteiger partial charge in [0.05, 0.1) is 23.9 Å². The maximum Gasteiger partial charge on any atom is 0.191 e. The van der Waals surface area contributed by atoms with Crippen molar-refractivity contribution < 1.29 is 9.47 Å². The van der Waals surface area contributed by atoms with Crippen LogP contribution < -0.4 is 15.4 Å². The second-order valence-electron chi connectivity index (χ2n) is 7.37. The monoisotopic (exact) mass is 416 g/mol. The molecule has 0 saturated carbocycles. The molecule has 29 heavy (non-hydrogen) atoms. The quantitative estimate of drug-likeness (QED) is 0.533. The summed E-state index contributed by atoms with van der Waals surface area (Å²) < 4.78 is 11.3. The van der Waals surface area contributed by atoms with Gasteiger partial charge in [-0.15, -0.1) is 11.3 Å². The van der Waals surface area contributed by atoms with Gasteiger partial charge in [-0.2, -0.15) is 0 Å². The minimum Gasteiger partial charge on any atom is -0.494 e. The second-order valence-corrected chi connectivity index (χ2v) is 8.66. The summed E-state index contributed by atoms with van der Waals surface area (Å²) in [5, 5.41) is 8.08. The first-order chi connectivity index (χ1) is 14.1. The normalized spacial score (nSPS) is 16.5. The maximum atomic E-state index is 5.66. The topological polar surface area (TPSA) is 67.8 Å². The molecule has 1 aromatic carbocycles. The van der Waals surface area contributed by atoms with Crippen molar-refractivity contribution in [1.82, 2.24) is 15.6 Å². The van der Waals surface area contributed by atoms with Crippen molar-refractivity contribution in [1.29, 1.82) is 0 Å². The molecule has 2 heterocycles. The lowest BCUT2D eigenvalue weighted by atomic mass is 9.74. The number of nitrogens with one attached hydrogen (secondary N) is 2. The van der Waals surface area contributed by atoms with E-state index in [0.29, 0.717) is 6.61 Å². The van der Waals surface area contributed by atoms with E-state index in [1.807, 2.05) is 20.9 Å². The van der Waals surface area contributed by atoms with Gasteiger partial charge in [0.2, 0.25) is 0 Å². The highest BCUT2D eigenvalue weighted by molar-refractivity contribution is 7.11. The third kappa shape index (κ3) is 5.48. The van der Waals surface area contributed by atoms with Crippen molar-refractivity contribution in [3.8, 4) is 5.75 Å². The van der Waals surface area contributed by atoms with Gasteiger partial charge in [0.15, 0.2) is 5.96 Å². The Morgan fingerprint density at radius 3 is 2.52 bits per heavy atom. The highest BCUT2D eigenvalue weighted by atomic mass is 32.1. The van der Waals surface area contributed by atoms with Crippen LogP contribution in [0.2, 0.25) is 0 Å². The van der Waals surface area contributed by atoms with Crippen LogP contribution in [-0.4, -0.2) is 44.4 Å². The fraction of sp³-hybridized carbons (Fsp3) is 0.545. The zero-order chi connectivity index (χ0) is 20.7. The van der Waals surface area contributed by atoms with Crippen molar-refractivity contribution in [3.05, 3.63) is 45.4 Å². The average Bonchev–Trinajstić information content (AvgIpc) is 3.06. The lowest BCUT2D eigenvalue weighted by Gasteiger charge is -2.38. The fourth-order valence-corrected chi connectivity index (χ4v) is 4.65. The molecule has 0 radical (unpaired) electrons. The smallest absolute Gasteiger partial charge is 0.191 e.